The highest BCUT2D eigenvalue weighted by Crippen LogP contribution is 2.03. The lowest BCUT2D eigenvalue weighted by Gasteiger charge is -1.93. The van der Waals surface area contributed by atoms with Gasteiger partial charge >= 0.3 is 0 Å². The first-order valence-electron chi connectivity index (χ1n) is 6.49. The van der Waals surface area contributed by atoms with E-state index in [1.54, 1.807) is 6.08 Å². The molecule has 0 saturated heterocycles. The highest BCUT2D eigenvalue weighted by atomic mass is 16.3. The molecule has 0 aliphatic heterocycles. The van der Waals surface area contributed by atoms with Crippen LogP contribution < -0.4 is 5.53 Å². The van der Waals surface area contributed by atoms with Gasteiger partial charge in [0.15, 0.2) is 0 Å². The van der Waals surface area contributed by atoms with Gasteiger partial charge in [-0.2, -0.15) is 10.6 Å². The second kappa shape index (κ2) is 15.3. The molecule has 0 radical (unpaired) electrons. The summed E-state index contributed by atoms with van der Waals surface area (Å²) in [7, 11) is 0. The lowest BCUT2D eigenvalue weighted by Crippen LogP contribution is -1.89. The molecule has 0 aromatic rings. The Kier molecular flexibility index (Phi) is 13.8. The summed E-state index contributed by atoms with van der Waals surface area (Å²) in [5.41, 5.74) is 1.94. The third-order valence-electron chi connectivity index (χ3n) is 2.28. The van der Waals surface area contributed by atoms with Gasteiger partial charge in [-0.15, -0.1) is 4.91 Å². The van der Waals surface area contributed by atoms with E-state index in [-0.39, 0.29) is 0 Å². The van der Waals surface area contributed by atoms with E-state index >= 15 is 0 Å². The minimum atomic E-state index is 0.948. The van der Waals surface area contributed by atoms with Crippen LogP contribution in [0.3, 0.4) is 0 Å². The molecule has 18 heavy (non-hydrogen) atoms. The van der Waals surface area contributed by atoms with Gasteiger partial charge < -0.3 is 0 Å². The monoisotopic (exact) mass is 249 g/mol. The van der Waals surface area contributed by atoms with Crippen molar-refractivity contribution in [2.45, 2.75) is 45.4 Å². The van der Waals surface area contributed by atoms with Crippen LogP contribution in [-0.2, 0) is 0 Å². The quantitative estimate of drug-likeness (QED) is 0.148. The molecule has 0 bridgehead atoms. The number of unbranched alkanes of at least 4 members (excludes halogenated alkanes) is 4. The Labute approximate surface area is 109 Å². The summed E-state index contributed by atoms with van der Waals surface area (Å²) in [5, 5.41) is 5.85. The molecule has 0 spiro atoms. The zero-order valence-electron chi connectivity index (χ0n) is 11.1. The summed E-state index contributed by atoms with van der Waals surface area (Å²) in [6.07, 6.45) is 20.9. The van der Waals surface area contributed by atoms with Crippen molar-refractivity contribution in [1.82, 2.24) is 5.53 Å². The van der Waals surface area contributed by atoms with E-state index in [9.17, 15) is 4.91 Å². The van der Waals surface area contributed by atoms with Gasteiger partial charge in [0.2, 0.25) is 0 Å². The van der Waals surface area contributed by atoms with Crippen molar-refractivity contribution in [2.24, 2.45) is 10.4 Å². The van der Waals surface area contributed by atoms with Crippen LogP contribution in [0.25, 0.3) is 0 Å². The number of hydrogen-bond acceptors (Lipinski definition) is 3. The normalized spacial score (nSPS) is 12.3. The molecule has 0 unspecified atom stereocenters. The van der Waals surface area contributed by atoms with Gasteiger partial charge in [-0.25, -0.2) is 0 Å². The number of nitroso groups, excluding NO2 is 1. The van der Waals surface area contributed by atoms with E-state index in [1.807, 2.05) is 17.7 Å². The maximum absolute atomic E-state index is 9.60. The Morgan fingerprint density at radius 2 is 1.89 bits per heavy atom. The zero-order valence-corrected chi connectivity index (χ0v) is 11.1. The molecule has 0 fully saturated rings. The predicted molar refractivity (Wildman–Crippen MR) is 78.2 cm³/mol. The maximum Gasteiger partial charge on any atom is 0.0722 e. The van der Waals surface area contributed by atoms with Crippen molar-refractivity contribution >= 4 is 6.21 Å². The van der Waals surface area contributed by atoms with E-state index in [2.05, 4.69) is 35.5 Å². The van der Waals surface area contributed by atoms with E-state index in [0.717, 1.165) is 6.42 Å². The van der Waals surface area contributed by atoms with Crippen molar-refractivity contribution in [2.75, 3.05) is 0 Å². The molecule has 0 aromatic heterocycles. The molecule has 0 saturated carbocycles. The van der Waals surface area contributed by atoms with Crippen LogP contribution in [0.15, 0.2) is 46.8 Å². The average Bonchev–Trinajstić information content (AvgIpc) is 2.39. The molecule has 0 amide bonds. The van der Waals surface area contributed by atoms with Crippen LogP contribution in [0, 0.1) is 4.91 Å². The molecule has 100 valence electrons. The zero-order chi connectivity index (χ0) is 13.3. The minimum Gasteiger partial charge on any atom is -0.164 e. The van der Waals surface area contributed by atoms with Crippen LogP contribution in [0.2, 0.25) is 0 Å². The SMILES string of the molecule is CCCCCC/C=C/C/C=C/C=C/C=N/NN=O. The Morgan fingerprint density at radius 1 is 1.00 bits per heavy atom. The molecule has 0 rings (SSSR count). The summed E-state index contributed by atoms with van der Waals surface area (Å²) >= 11 is 0. The van der Waals surface area contributed by atoms with Crippen molar-refractivity contribution in [3.8, 4) is 0 Å². The molecule has 4 nitrogen and oxygen atoms in total. The van der Waals surface area contributed by atoms with Gasteiger partial charge in [-0.05, 0) is 25.3 Å². The summed E-state index contributed by atoms with van der Waals surface area (Å²) in [6.45, 7) is 2.23. The molecule has 4 heteroatoms. The number of hydrazone groups is 1. The van der Waals surface area contributed by atoms with E-state index in [4.69, 9.17) is 0 Å². The van der Waals surface area contributed by atoms with Gasteiger partial charge in [0.1, 0.15) is 0 Å². The van der Waals surface area contributed by atoms with Crippen LogP contribution in [0.1, 0.15) is 45.4 Å². The second-order valence-electron chi connectivity index (χ2n) is 3.84. The van der Waals surface area contributed by atoms with Crippen LogP contribution in [0.5, 0.6) is 0 Å². The lowest BCUT2D eigenvalue weighted by atomic mass is 10.1. The fourth-order valence-electron chi connectivity index (χ4n) is 1.35. The predicted octanol–water partition coefficient (Wildman–Crippen LogP) is 4.27. The topological polar surface area (TPSA) is 53.8 Å². The summed E-state index contributed by atoms with van der Waals surface area (Å²) < 4.78 is 0. The van der Waals surface area contributed by atoms with Crippen molar-refractivity contribution in [3.63, 3.8) is 0 Å². The summed E-state index contributed by atoms with van der Waals surface area (Å²) in [4.78, 5) is 9.60. The molecule has 0 aromatic carbocycles. The third-order valence-corrected chi connectivity index (χ3v) is 2.28. The fraction of sp³-hybridized carbons (Fsp3) is 0.500. The Balaban J connectivity index is 3.41. The first kappa shape index (κ1) is 16.3. The molecular weight excluding hydrogens is 226 g/mol. The minimum absolute atomic E-state index is 0.948. The molecule has 0 aliphatic carbocycles. The largest absolute Gasteiger partial charge is 0.164 e. The van der Waals surface area contributed by atoms with Crippen molar-refractivity contribution in [3.05, 3.63) is 41.4 Å². The lowest BCUT2D eigenvalue weighted by molar-refractivity contribution is 0.674. The summed E-state index contributed by atoms with van der Waals surface area (Å²) in [6, 6.07) is 0. The molecule has 0 heterocycles. The van der Waals surface area contributed by atoms with Gasteiger partial charge in [0.25, 0.3) is 0 Å². The Hall–Kier alpha value is -1.71. The van der Waals surface area contributed by atoms with E-state index < -0.39 is 0 Å². The van der Waals surface area contributed by atoms with Crippen molar-refractivity contribution in [1.29, 1.82) is 0 Å². The van der Waals surface area contributed by atoms with Gasteiger partial charge in [-0.3, -0.25) is 0 Å². The molecule has 0 aliphatic rings. The average molecular weight is 249 g/mol. The van der Waals surface area contributed by atoms with E-state index in [0.29, 0.717) is 0 Å². The number of nitrogens with one attached hydrogen (secondary N) is 1. The molecule has 0 atom stereocenters. The summed E-state index contributed by atoms with van der Waals surface area (Å²) in [5.74, 6) is 0. The van der Waals surface area contributed by atoms with E-state index in [1.165, 1.54) is 38.3 Å². The second-order valence-corrected chi connectivity index (χ2v) is 3.84. The maximum atomic E-state index is 9.60. The van der Waals surface area contributed by atoms with Crippen molar-refractivity contribution < 1.29 is 0 Å². The van der Waals surface area contributed by atoms with Gasteiger partial charge in [-0.1, -0.05) is 56.6 Å². The number of rotatable bonds is 11. The number of nitrogens with zero attached hydrogens (tertiary/aromatic N) is 2. The smallest absolute Gasteiger partial charge is 0.0722 e. The molecular formula is C14H23N3O. The first-order chi connectivity index (χ1) is 8.91. The number of allylic oxidation sites excluding steroid dienone is 6. The standard InChI is InChI=1S/C14H23N3O/c1-2-3-4-5-6-7-8-9-10-11-12-13-14-15-16-17-18/h7-8,10-14H,2-6,9H2,1H3,(H,16,18)/b8-7+,11-10+,13-12+,15-14+. The molecule has 1 N–H and O–H groups in total. The highest BCUT2D eigenvalue weighted by Gasteiger charge is 1.83. The Bertz CT molecular complexity index is 293. The van der Waals surface area contributed by atoms with Crippen LogP contribution in [-0.4, -0.2) is 6.21 Å². The third kappa shape index (κ3) is 14.3. The highest BCUT2D eigenvalue weighted by molar-refractivity contribution is 5.71. The first-order valence-corrected chi connectivity index (χ1v) is 6.49. The van der Waals surface area contributed by atoms with Gasteiger partial charge in [0.05, 0.1) is 5.29 Å². The van der Waals surface area contributed by atoms with Crippen LogP contribution >= 0.6 is 0 Å². The fourth-order valence-corrected chi connectivity index (χ4v) is 1.35. The number of hydrogen-bond donors (Lipinski definition) is 1. The Morgan fingerprint density at radius 3 is 2.67 bits per heavy atom. The van der Waals surface area contributed by atoms with Gasteiger partial charge in [0, 0.05) is 6.21 Å². The van der Waals surface area contributed by atoms with Crippen LogP contribution in [0.4, 0.5) is 0 Å².